The summed E-state index contributed by atoms with van der Waals surface area (Å²) in [6.07, 6.45) is 2.64. The molecule has 1 aromatic carbocycles. The van der Waals surface area contributed by atoms with Crippen molar-refractivity contribution in [1.82, 2.24) is 25.0 Å². The van der Waals surface area contributed by atoms with Gasteiger partial charge in [-0.15, -0.1) is 17.0 Å². The van der Waals surface area contributed by atoms with Crippen LogP contribution in [0.1, 0.15) is 6.92 Å². The standard InChI is InChI=1S/C14H11ClFN5O2.BrH/c1-2-23-12-6-21(20-19-12)10-4-3-8(15)14(16)13(10)9-5-11(22)18-7-17-9;/h3-7H,2H2,1H3,(H,17,18,22);1H. The zero-order valence-corrected chi connectivity index (χ0v) is 14.8. The molecule has 0 amide bonds. The Balaban J connectivity index is 0.00000208. The molecule has 0 bridgehead atoms. The van der Waals surface area contributed by atoms with Gasteiger partial charge in [-0.05, 0) is 19.1 Å². The number of benzene rings is 1. The maximum Gasteiger partial charge on any atom is 0.253 e. The van der Waals surface area contributed by atoms with Crippen molar-refractivity contribution in [3.05, 3.63) is 41.6 Å². The molecule has 1 N–H and O–H groups in total. The Kier molecular flexibility index (Phi) is 5.68. The fourth-order valence-corrected chi connectivity index (χ4v) is 2.20. The molecule has 0 atom stereocenters. The zero-order valence-electron chi connectivity index (χ0n) is 12.3. The third-order valence-corrected chi connectivity index (χ3v) is 3.28. The lowest BCUT2D eigenvalue weighted by molar-refractivity contribution is 0.326. The highest BCUT2D eigenvalue weighted by Crippen LogP contribution is 2.33. The number of nitrogens with zero attached hydrogens (tertiary/aromatic N) is 5. The van der Waals surface area contributed by atoms with Gasteiger partial charge in [0.25, 0.3) is 5.88 Å². The van der Waals surface area contributed by atoms with Crippen LogP contribution in [0.5, 0.6) is 11.8 Å². The molecule has 24 heavy (non-hydrogen) atoms. The second kappa shape index (κ2) is 7.54. The second-order valence-corrected chi connectivity index (χ2v) is 4.86. The van der Waals surface area contributed by atoms with Gasteiger partial charge < -0.3 is 9.84 Å². The van der Waals surface area contributed by atoms with Crippen LogP contribution in [0.2, 0.25) is 5.02 Å². The molecule has 0 aliphatic carbocycles. The number of hydrogen-bond donors (Lipinski definition) is 1. The molecule has 7 nitrogen and oxygen atoms in total. The molecule has 0 saturated carbocycles. The molecule has 3 rings (SSSR count). The summed E-state index contributed by atoms with van der Waals surface area (Å²) in [5.74, 6) is -0.663. The molecule has 0 aliphatic rings. The van der Waals surface area contributed by atoms with Gasteiger partial charge in [0.15, 0.2) is 5.82 Å². The van der Waals surface area contributed by atoms with E-state index in [0.29, 0.717) is 18.2 Å². The van der Waals surface area contributed by atoms with Crippen LogP contribution in [0.4, 0.5) is 4.39 Å². The minimum Gasteiger partial charge on any atom is -0.493 e. The summed E-state index contributed by atoms with van der Waals surface area (Å²) >= 11 is 5.87. The van der Waals surface area contributed by atoms with Crippen LogP contribution in [0, 0.1) is 5.82 Å². The van der Waals surface area contributed by atoms with E-state index >= 15 is 0 Å². The van der Waals surface area contributed by atoms with E-state index < -0.39 is 5.82 Å². The number of aromatic hydroxyl groups is 1. The first-order chi connectivity index (χ1) is 11.1. The van der Waals surface area contributed by atoms with E-state index in [-0.39, 0.29) is 39.1 Å². The van der Waals surface area contributed by atoms with Crippen LogP contribution < -0.4 is 4.74 Å². The Morgan fingerprint density at radius 3 is 2.83 bits per heavy atom. The third kappa shape index (κ3) is 3.46. The first-order valence-electron chi connectivity index (χ1n) is 6.65. The number of aromatic nitrogens is 5. The molecule has 0 spiro atoms. The molecule has 126 valence electrons. The Labute approximate surface area is 151 Å². The fraction of sp³-hybridized carbons (Fsp3) is 0.143. The third-order valence-electron chi connectivity index (χ3n) is 2.99. The van der Waals surface area contributed by atoms with E-state index in [2.05, 4.69) is 20.3 Å². The van der Waals surface area contributed by atoms with Crippen molar-refractivity contribution >= 4 is 28.6 Å². The topological polar surface area (TPSA) is 86.0 Å². The van der Waals surface area contributed by atoms with E-state index in [4.69, 9.17) is 16.3 Å². The summed E-state index contributed by atoms with van der Waals surface area (Å²) in [6.45, 7) is 2.25. The molecule has 0 aliphatic heterocycles. The van der Waals surface area contributed by atoms with E-state index in [9.17, 15) is 9.50 Å². The van der Waals surface area contributed by atoms with Gasteiger partial charge in [-0.3, -0.25) is 0 Å². The van der Waals surface area contributed by atoms with Crippen molar-refractivity contribution in [1.29, 1.82) is 0 Å². The Bertz CT molecular complexity index is 861. The van der Waals surface area contributed by atoms with Gasteiger partial charge in [-0.1, -0.05) is 21.9 Å². The van der Waals surface area contributed by atoms with Crippen LogP contribution in [-0.4, -0.2) is 36.7 Å². The summed E-state index contributed by atoms with van der Waals surface area (Å²) in [7, 11) is 0. The van der Waals surface area contributed by atoms with Crippen LogP contribution in [0.3, 0.4) is 0 Å². The lowest BCUT2D eigenvalue weighted by Gasteiger charge is -2.10. The summed E-state index contributed by atoms with van der Waals surface area (Å²) < 4.78 is 21.1. The zero-order chi connectivity index (χ0) is 16.4. The largest absolute Gasteiger partial charge is 0.493 e. The van der Waals surface area contributed by atoms with Crippen LogP contribution in [0.25, 0.3) is 16.9 Å². The maximum absolute atomic E-state index is 14.6. The Morgan fingerprint density at radius 2 is 2.12 bits per heavy atom. The van der Waals surface area contributed by atoms with Crippen molar-refractivity contribution in [3.63, 3.8) is 0 Å². The van der Waals surface area contributed by atoms with Gasteiger partial charge in [0, 0.05) is 6.07 Å². The number of ether oxygens (including phenoxy) is 1. The smallest absolute Gasteiger partial charge is 0.253 e. The van der Waals surface area contributed by atoms with Crippen molar-refractivity contribution in [2.75, 3.05) is 6.61 Å². The predicted octanol–water partition coefficient (Wildman–Crippen LogP) is 3.20. The van der Waals surface area contributed by atoms with Crippen LogP contribution >= 0.6 is 28.6 Å². The quantitative estimate of drug-likeness (QED) is 0.703. The molecule has 3 aromatic rings. The molecule has 2 aromatic heterocycles. The predicted molar refractivity (Wildman–Crippen MR) is 90.5 cm³/mol. The monoisotopic (exact) mass is 415 g/mol. The number of hydrogen-bond acceptors (Lipinski definition) is 6. The summed E-state index contributed by atoms with van der Waals surface area (Å²) in [5.41, 5.74) is 0.590. The van der Waals surface area contributed by atoms with Gasteiger partial charge >= 0.3 is 0 Å². The first kappa shape index (κ1) is 18.1. The molecular formula is C14H12BrClFN5O2. The van der Waals surface area contributed by atoms with Gasteiger partial charge in [0.2, 0.25) is 5.88 Å². The lowest BCUT2D eigenvalue weighted by Crippen LogP contribution is -2.02. The van der Waals surface area contributed by atoms with Crippen molar-refractivity contribution < 1.29 is 14.2 Å². The molecule has 0 radical (unpaired) electrons. The van der Waals surface area contributed by atoms with Crippen LogP contribution in [-0.2, 0) is 0 Å². The highest BCUT2D eigenvalue weighted by molar-refractivity contribution is 8.93. The molecule has 2 heterocycles. The summed E-state index contributed by atoms with van der Waals surface area (Å²) in [4.78, 5) is 7.56. The minimum absolute atomic E-state index is 0. The lowest BCUT2D eigenvalue weighted by atomic mass is 10.1. The normalized spacial score (nSPS) is 10.3. The summed E-state index contributed by atoms with van der Waals surface area (Å²) in [5, 5.41) is 17.2. The highest BCUT2D eigenvalue weighted by atomic mass is 79.9. The van der Waals surface area contributed by atoms with E-state index in [1.807, 2.05) is 6.92 Å². The first-order valence-corrected chi connectivity index (χ1v) is 7.03. The van der Waals surface area contributed by atoms with Crippen molar-refractivity contribution in [2.24, 2.45) is 0 Å². The van der Waals surface area contributed by atoms with Crippen molar-refractivity contribution in [2.45, 2.75) is 6.92 Å². The van der Waals surface area contributed by atoms with Crippen molar-refractivity contribution in [3.8, 4) is 28.7 Å². The summed E-state index contributed by atoms with van der Waals surface area (Å²) in [6, 6.07) is 4.21. The SMILES string of the molecule is Br.CCOc1cn(-c2ccc(Cl)c(F)c2-c2cc(O)ncn2)nn1. The minimum atomic E-state index is -0.685. The average molecular weight is 417 g/mol. The maximum atomic E-state index is 14.6. The van der Waals surface area contributed by atoms with Gasteiger partial charge in [-0.25, -0.2) is 19.0 Å². The van der Waals surface area contributed by atoms with Gasteiger partial charge in [0.05, 0.1) is 34.8 Å². The van der Waals surface area contributed by atoms with E-state index in [1.165, 1.54) is 23.0 Å². The Hall–Kier alpha value is -2.26. The Morgan fingerprint density at radius 1 is 1.33 bits per heavy atom. The highest BCUT2D eigenvalue weighted by Gasteiger charge is 2.19. The molecule has 0 unspecified atom stereocenters. The van der Waals surface area contributed by atoms with Gasteiger partial charge in [0.1, 0.15) is 6.33 Å². The van der Waals surface area contributed by atoms with Gasteiger partial charge in [-0.2, -0.15) is 0 Å². The average Bonchev–Trinajstić information content (AvgIpc) is 2.98. The second-order valence-electron chi connectivity index (χ2n) is 4.45. The van der Waals surface area contributed by atoms with E-state index in [0.717, 1.165) is 6.33 Å². The number of halogens is 3. The molecular weight excluding hydrogens is 405 g/mol. The fourth-order valence-electron chi connectivity index (χ4n) is 2.04. The molecule has 0 fully saturated rings. The van der Waals surface area contributed by atoms with E-state index in [1.54, 1.807) is 6.07 Å². The molecule has 10 heteroatoms. The van der Waals surface area contributed by atoms with Crippen LogP contribution in [0.15, 0.2) is 30.7 Å². The number of rotatable bonds is 4. The molecule has 0 saturated heterocycles.